The maximum atomic E-state index is 5.42. The summed E-state index contributed by atoms with van der Waals surface area (Å²) < 4.78 is 16.1. The van der Waals surface area contributed by atoms with Gasteiger partial charge >= 0.3 is 0 Å². The largest absolute Gasteiger partial charge is 0.493 e. The van der Waals surface area contributed by atoms with Gasteiger partial charge in [-0.25, -0.2) is 0 Å². The van der Waals surface area contributed by atoms with Gasteiger partial charge in [0.2, 0.25) is 0 Å². The molecule has 1 aromatic heterocycles. The highest BCUT2D eigenvalue weighted by molar-refractivity contribution is 5.45. The van der Waals surface area contributed by atoms with Gasteiger partial charge in [0.25, 0.3) is 0 Å². The van der Waals surface area contributed by atoms with Crippen LogP contribution in [0, 0.1) is 6.92 Å². The number of methoxy groups -OCH3 is 2. The molecule has 0 amide bonds. The van der Waals surface area contributed by atoms with E-state index in [4.69, 9.17) is 13.9 Å². The molecule has 0 radical (unpaired) electrons. The minimum absolute atomic E-state index is 0.0808. The van der Waals surface area contributed by atoms with E-state index in [0.29, 0.717) is 0 Å². The number of hydrogen-bond acceptors (Lipinski definition) is 4. The van der Waals surface area contributed by atoms with Crippen molar-refractivity contribution in [3.63, 3.8) is 0 Å². The minimum atomic E-state index is 0.0808. The summed E-state index contributed by atoms with van der Waals surface area (Å²) in [7, 11) is 3.28. The molecule has 0 bridgehead atoms. The highest BCUT2D eigenvalue weighted by Gasteiger charge is 2.17. The molecule has 1 aromatic carbocycles. The Morgan fingerprint density at radius 1 is 1.10 bits per heavy atom. The van der Waals surface area contributed by atoms with Crippen LogP contribution in [-0.4, -0.2) is 20.8 Å². The molecule has 4 heteroatoms. The number of ether oxygens (including phenoxy) is 2. The van der Waals surface area contributed by atoms with Gasteiger partial charge in [-0.1, -0.05) is 13.0 Å². The third-order valence-corrected chi connectivity index (χ3v) is 3.23. The van der Waals surface area contributed by atoms with E-state index in [1.165, 1.54) is 0 Å². The van der Waals surface area contributed by atoms with Crippen LogP contribution in [0.2, 0.25) is 0 Å². The van der Waals surface area contributed by atoms with Crippen LogP contribution in [0.4, 0.5) is 0 Å². The maximum absolute atomic E-state index is 5.42. The Balaban J connectivity index is 2.39. The highest BCUT2D eigenvalue weighted by Crippen LogP contribution is 2.32. The van der Waals surface area contributed by atoms with Crippen LogP contribution in [0.5, 0.6) is 11.5 Å². The summed E-state index contributed by atoms with van der Waals surface area (Å²) >= 11 is 0. The predicted octanol–water partition coefficient (Wildman–Crippen LogP) is 3.30. The van der Waals surface area contributed by atoms with Crippen LogP contribution in [0.15, 0.2) is 34.9 Å². The molecule has 0 aliphatic carbocycles. The van der Waals surface area contributed by atoms with Crippen molar-refractivity contribution in [2.75, 3.05) is 20.8 Å². The van der Waals surface area contributed by atoms with Crippen molar-refractivity contribution in [2.24, 2.45) is 0 Å². The van der Waals surface area contributed by atoms with Crippen LogP contribution >= 0.6 is 0 Å². The van der Waals surface area contributed by atoms with E-state index >= 15 is 0 Å². The molecule has 0 fully saturated rings. The number of hydrogen-bond donors (Lipinski definition) is 1. The molecule has 0 aliphatic heterocycles. The van der Waals surface area contributed by atoms with Crippen LogP contribution in [-0.2, 0) is 0 Å². The number of furan rings is 1. The lowest BCUT2D eigenvalue weighted by Crippen LogP contribution is -2.21. The first-order valence-corrected chi connectivity index (χ1v) is 6.70. The molecule has 1 unspecified atom stereocenters. The van der Waals surface area contributed by atoms with Gasteiger partial charge in [0, 0.05) is 5.56 Å². The van der Waals surface area contributed by atoms with Crippen molar-refractivity contribution in [2.45, 2.75) is 19.9 Å². The topological polar surface area (TPSA) is 43.6 Å². The summed E-state index contributed by atoms with van der Waals surface area (Å²) in [6.45, 7) is 4.89. The highest BCUT2D eigenvalue weighted by atomic mass is 16.5. The summed E-state index contributed by atoms with van der Waals surface area (Å²) in [6, 6.07) is 8.08. The van der Waals surface area contributed by atoms with Gasteiger partial charge in [-0.2, -0.15) is 0 Å². The quantitative estimate of drug-likeness (QED) is 0.878. The lowest BCUT2D eigenvalue weighted by atomic mass is 10.0. The van der Waals surface area contributed by atoms with E-state index in [0.717, 1.165) is 34.9 Å². The van der Waals surface area contributed by atoms with E-state index < -0.39 is 0 Å². The second kappa shape index (κ2) is 6.48. The first kappa shape index (κ1) is 14.5. The Morgan fingerprint density at radius 2 is 1.85 bits per heavy atom. The molecule has 0 saturated carbocycles. The third-order valence-electron chi connectivity index (χ3n) is 3.23. The maximum Gasteiger partial charge on any atom is 0.161 e. The SMILES string of the molecule is CCNC(c1coc(C)c1)c1ccc(OC)c(OC)c1. The van der Waals surface area contributed by atoms with Gasteiger partial charge in [0.15, 0.2) is 11.5 Å². The van der Waals surface area contributed by atoms with Crippen molar-refractivity contribution in [1.29, 1.82) is 0 Å². The Morgan fingerprint density at radius 3 is 2.40 bits per heavy atom. The van der Waals surface area contributed by atoms with Crippen molar-refractivity contribution in [1.82, 2.24) is 5.32 Å². The zero-order valence-corrected chi connectivity index (χ0v) is 12.4. The number of rotatable bonds is 6. The first-order chi connectivity index (χ1) is 9.69. The zero-order valence-electron chi connectivity index (χ0n) is 12.4. The molecule has 0 aliphatic rings. The fourth-order valence-electron chi connectivity index (χ4n) is 2.28. The van der Waals surface area contributed by atoms with Crippen molar-refractivity contribution >= 4 is 0 Å². The fraction of sp³-hybridized carbons (Fsp3) is 0.375. The van der Waals surface area contributed by atoms with Crippen LogP contribution in [0.1, 0.15) is 29.9 Å². The molecule has 20 heavy (non-hydrogen) atoms. The monoisotopic (exact) mass is 275 g/mol. The van der Waals surface area contributed by atoms with Crippen LogP contribution in [0.25, 0.3) is 0 Å². The number of benzene rings is 1. The van der Waals surface area contributed by atoms with Gasteiger partial charge in [0.1, 0.15) is 5.76 Å². The second-order valence-electron chi connectivity index (χ2n) is 4.60. The molecule has 1 atom stereocenters. The normalized spacial score (nSPS) is 12.2. The van der Waals surface area contributed by atoms with Crippen LogP contribution in [0.3, 0.4) is 0 Å². The van der Waals surface area contributed by atoms with Gasteiger partial charge in [-0.05, 0) is 37.2 Å². The molecule has 1 heterocycles. The van der Waals surface area contributed by atoms with Crippen molar-refractivity contribution in [3.8, 4) is 11.5 Å². The van der Waals surface area contributed by atoms with Crippen molar-refractivity contribution in [3.05, 3.63) is 47.4 Å². The molecule has 4 nitrogen and oxygen atoms in total. The summed E-state index contributed by atoms with van der Waals surface area (Å²) in [5.41, 5.74) is 2.22. The Kier molecular flexibility index (Phi) is 4.69. The molecule has 2 aromatic rings. The molecule has 0 spiro atoms. The summed E-state index contributed by atoms with van der Waals surface area (Å²) in [6.07, 6.45) is 1.79. The molecule has 2 rings (SSSR count). The Bertz CT molecular complexity index is 563. The lowest BCUT2D eigenvalue weighted by Gasteiger charge is -2.18. The average Bonchev–Trinajstić information content (AvgIpc) is 2.90. The van der Waals surface area contributed by atoms with Gasteiger partial charge in [-0.3, -0.25) is 0 Å². The Hall–Kier alpha value is -1.94. The molecule has 0 saturated heterocycles. The summed E-state index contributed by atoms with van der Waals surface area (Å²) in [4.78, 5) is 0. The van der Waals surface area contributed by atoms with E-state index in [9.17, 15) is 0 Å². The first-order valence-electron chi connectivity index (χ1n) is 6.70. The van der Waals surface area contributed by atoms with Gasteiger partial charge in [-0.15, -0.1) is 0 Å². The van der Waals surface area contributed by atoms with Crippen LogP contribution < -0.4 is 14.8 Å². The Labute approximate surface area is 119 Å². The molecular weight excluding hydrogens is 254 g/mol. The standard InChI is InChI=1S/C16H21NO3/c1-5-17-16(13-8-11(2)20-10-13)12-6-7-14(18-3)15(9-12)19-4/h6-10,16-17H,5H2,1-4H3. The smallest absolute Gasteiger partial charge is 0.161 e. The van der Waals surface area contributed by atoms with Gasteiger partial charge < -0.3 is 19.2 Å². The fourth-order valence-corrected chi connectivity index (χ4v) is 2.28. The van der Waals surface area contributed by atoms with E-state index in [2.05, 4.69) is 12.2 Å². The third kappa shape index (κ3) is 2.96. The summed E-state index contributed by atoms with van der Waals surface area (Å²) in [5.74, 6) is 2.37. The van der Waals surface area contributed by atoms with E-state index in [-0.39, 0.29) is 6.04 Å². The zero-order chi connectivity index (χ0) is 14.5. The molecule has 108 valence electrons. The minimum Gasteiger partial charge on any atom is -0.493 e. The number of aryl methyl sites for hydroxylation is 1. The van der Waals surface area contributed by atoms with Crippen molar-refractivity contribution < 1.29 is 13.9 Å². The molecular formula is C16H21NO3. The second-order valence-corrected chi connectivity index (χ2v) is 4.60. The van der Waals surface area contributed by atoms with Gasteiger partial charge in [0.05, 0.1) is 26.5 Å². The molecule has 1 N–H and O–H groups in total. The van der Waals surface area contributed by atoms with E-state index in [1.54, 1.807) is 20.5 Å². The summed E-state index contributed by atoms with van der Waals surface area (Å²) in [5, 5.41) is 3.46. The predicted molar refractivity (Wildman–Crippen MR) is 78.5 cm³/mol. The lowest BCUT2D eigenvalue weighted by molar-refractivity contribution is 0.354. The average molecular weight is 275 g/mol. The van der Waals surface area contributed by atoms with E-state index in [1.807, 2.05) is 31.2 Å². The number of nitrogens with one attached hydrogen (secondary N) is 1.